The Bertz CT molecular complexity index is 1450. The Labute approximate surface area is 201 Å². The van der Waals surface area contributed by atoms with Crippen LogP contribution in [-0.4, -0.2) is 46.4 Å². The van der Waals surface area contributed by atoms with E-state index in [-0.39, 0.29) is 43.1 Å². The predicted octanol–water partition coefficient (Wildman–Crippen LogP) is 4.76. The Kier molecular flexibility index (Phi) is 4.96. The monoisotopic (exact) mass is 504 g/mol. The van der Waals surface area contributed by atoms with Crippen LogP contribution in [0.15, 0.2) is 36.8 Å². The number of aryl methyl sites for hydroxylation is 1. The molecule has 1 fully saturated rings. The smallest absolute Gasteiger partial charge is 0.341 e. The van der Waals surface area contributed by atoms with Gasteiger partial charge in [0, 0.05) is 30.4 Å². The van der Waals surface area contributed by atoms with Gasteiger partial charge in [0.15, 0.2) is 5.82 Å². The molecule has 1 aliphatic heterocycles. The summed E-state index contributed by atoms with van der Waals surface area (Å²) in [6, 6.07) is 4.83. The lowest BCUT2D eigenvalue weighted by Gasteiger charge is -2.42. The van der Waals surface area contributed by atoms with E-state index >= 15 is 0 Å². The number of halogens is 5. The molecule has 0 radical (unpaired) electrons. The Balaban J connectivity index is 1.42. The van der Waals surface area contributed by atoms with Gasteiger partial charge in [-0.15, -0.1) is 10.2 Å². The number of pyridine rings is 1. The van der Waals surface area contributed by atoms with Crippen LogP contribution in [0.1, 0.15) is 25.1 Å². The minimum absolute atomic E-state index is 0.105. The van der Waals surface area contributed by atoms with E-state index in [0.717, 1.165) is 6.20 Å². The summed E-state index contributed by atoms with van der Waals surface area (Å²) in [6.45, 7) is -0.390. The molecule has 36 heavy (non-hydrogen) atoms. The molecule has 1 atom stereocenters. The lowest BCUT2D eigenvalue weighted by Crippen LogP contribution is -2.50. The number of alkyl halides is 4. The fraction of sp³-hybridized carbons (Fsp3) is 0.391. The second kappa shape index (κ2) is 7.87. The van der Waals surface area contributed by atoms with E-state index in [2.05, 4.69) is 25.6 Å². The summed E-state index contributed by atoms with van der Waals surface area (Å²) in [4.78, 5) is 4.07. The molecular weight excluding hydrogens is 483 g/mol. The summed E-state index contributed by atoms with van der Waals surface area (Å²) >= 11 is 0. The van der Waals surface area contributed by atoms with Gasteiger partial charge in [-0.25, -0.2) is 13.8 Å². The van der Waals surface area contributed by atoms with Crippen LogP contribution in [0.4, 0.5) is 33.6 Å². The maximum absolute atomic E-state index is 15.0. The molecule has 2 aliphatic rings. The molecule has 1 N–H and O–H groups in total. The van der Waals surface area contributed by atoms with E-state index in [4.69, 9.17) is 0 Å². The first-order valence-corrected chi connectivity index (χ1v) is 11.4. The van der Waals surface area contributed by atoms with Crippen LogP contribution in [0.3, 0.4) is 0 Å². The predicted molar refractivity (Wildman–Crippen MR) is 120 cm³/mol. The van der Waals surface area contributed by atoms with Crippen molar-refractivity contribution >= 4 is 11.6 Å². The summed E-state index contributed by atoms with van der Waals surface area (Å²) < 4.78 is 76.2. The van der Waals surface area contributed by atoms with Crippen LogP contribution in [0.5, 0.6) is 0 Å². The topological polar surface area (TPSA) is 78.4 Å². The van der Waals surface area contributed by atoms with Crippen LogP contribution < -0.4 is 5.32 Å². The molecule has 6 rings (SSSR count). The highest BCUT2D eigenvalue weighted by Crippen LogP contribution is 2.54. The van der Waals surface area contributed by atoms with E-state index in [9.17, 15) is 22.0 Å². The molecule has 0 aromatic carbocycles. The van der Waals surface area contributed by atoms with Crippen molar-refractivity contribution in [1.29, 1.82) is 0 Å². The van der Waals surface area contributed by atoms with Crippen molar-refractivity contribution in [3.63, 3.8) is 0 Å². The zero-order valence-corrected chi connectivity index (χ0v) is 19.1. The zero-order chi connectivity index (χ0) is 25.2. The molecule has 0 spiro atoms. The van der Waals surface area contributed by atoms with Crippen LogP contribution >= 0.6 is 0 Å². The Hall–Kier alpha value is -3.77. The van der Waals surface area contributed by atoms with Gasteiger partial charge in [-0.1, -0.05) is 6.42 Å². The largest absolute Gasteiger partial charge is 0.401 e. The van der Waals surface area contributed by atoms with Crippen LogP contribution in [0.25, 0.3) is 22.6 Å². The minimum atomic E-state index is -4.52. The molecule has 188 valence electrons. The average molecular weight is 504 g/mol. The first kappa shape index (κ1) is 22.7. The van der Waals surface area contributed by atoms with Gasteiger partial charge in [-0.2, -0.15) is 18.3 Å². The van der Waals surface area contributed by atoms with E-state index in [0.29, 0.717) is 29.3 Å². The quantitative estimate of drug-likeness (QED) is 0.406. The van der Waals surface area contributed by atoms with Crippen molar-refractivity contribution in [2.45, 2.75) is 50.1 Å². The normalized spacial score (nSPS) is 18.8. The van der Waals surface area contributed by atoms with E-state index in [1.54, 1.807) is 40.8 Å². The van der Waals surface area contributed by atoms with Gasteiger partial charge in [0.1, 0.15) is 34.9 Å². The SMILES string of the molecule is Cn1nccc1Nc1cc(-c2cc3n(c2)C[C@H](F)Cn2c-3nnc2C2(C(F)(F)F)CCC2)c(F)cn1. The number of aromatic nitrogens is 7. The van der Waals surface area contributed by atoms with E-state index in [1.165, 1.54) is 10.6 Å². The molecule has 0 unspecified atom stereocenters. The van der Waals surface area contributed by atoms with Crippen molar-refractivity contribution in [3.8, 4) is 22.6 Å². The number of nitrogens with one attached hydrogen (secondary N) is 1. The number of nitrogens with zero attached hydrogens (tertiary/aromatic N) is 7. The standard InChI is InChI=1S/C23H21F5N8/c1-34-19(3-6-30-34)31-18-8-15(16(25)9-29-18)13-7-17-20-32-33-21(22(4-2-5-22)23(26,27)28)36(20)12-14(24)11-35(17)10-13/h3,6-10,14H,2,4-5,11-12H2,1H3,(H,29,31)/t14-/m0/s1. The van der Waals surface area contributed by atoms with E-state index in [1.807, 2.05) is 0 Å². The number of hydrogen-bond acceptors (Lipinski definition) is 5. The first-order valence-electron chi connectivity index (χ1n) is 11.4. The highest BCUT2D eigenvalue weighted by Gasteiger charge is 2.62. The highest BCUT2D eigenvalue weighted by molar-refractivity contribution is 5.73. The number of rotatable bonds is 4. The summed E-state index contributed by atoms with van der Waals surface area (Å²) in [5, 5.41) is 15.1. The van der Waals surface area contributed by atoms with Crippen LogP contribution in [-0.2, 0) is 25.6 Å². The molecule has 13 heteroatoms. The second-order valence-corrected chi connectivity index (χ2v) is 9.27. The van der Waals surface area contributed by atoms with Crippen LogP contribution in [0, 0.1) is 5.82 Å². The zero-order valence-electron chi connectivity index (χ0n) is 19.1. The van der Waals surface area contributed by atoms with Crippen LogP contribution in [0.2, 0.25) is 0 Å². The Morgan fingerprint density at radius 3 is 2.61 bits per heavy atom. The van der Waals surface area contributed by atoms with Gasteiger partial charge < -0.3 is 14.5 Å². The lowest BCUT2D eigenvalue weighted by molar-refractivity contribution is -0.216. The fourth-order valence-electron chi connectivity index (χ4n) is 5.01. The Morgan fingerprint density at radius 1 is 1.14 bits per heavy atom. The molecule has 0 bridgehead atoms. The van der Waals surface area contributed by atoms with Gasteiger partial charge >= 0.3 is 6.18 Å². The summed E-state index contributed by atoms with van der Waals surface area (Å²) in [5.41, 5.74) is -1.13. The minimum Gasteiger partial charge on any atom is -0.341 e. The molecule has 0 saturated heterocycles. The lowest BCUT2D eigenvalue weighted by atomic mass is 9.67. The summed E-state index contributed by atoms with van der Waals surface area (Å²) in [6.07, 6.45) is -1.55. The molecule has 1 aliphatic carbocycles. The molecule has 1 saturated carbocycles. The van der Waals surface area contributed by atoms with Crippen molar-refractivity contribution in [2.24, 2.45) is 7.05 Å². The van der Waals surface area contributed by atoms with Gasteiger partial charge in [0.2, 0.25) is 0 Å². The van der Waals surface area contributed by atoms with Crippen molar-refractivity contribution < 1.29 is 22.0 Å². The summed E-state index contributed by atoms with van der Waals surface area (Å²) in [5.74, 6) is 0.281. The van der Waals surface area contributed by atoms with Gasteiger partial charge in [-0.05, 0) is 25.0 Å². The molecule has 8 nitrogen and oxygen atoms in total. The summed E-state index contributed by atoms with van der Waals surface area (Å²) in [7, 11) is 1.74. The third-order valence-corrected chi connectivity index (χ3v) is 7.07. The first-order chi connectivity index (χ1) is 17.2. The maximum Gasteiger partial charge on any atom is 0.401 e. The molecule has 0 amide bonds. The average Bonchev–Trinajstić information content (AvgIpc) is 3.46. The number of hydrogen-bond donors (Lipinski definition) is 1. The molecule has 5 heterocycles. The van der Waals surface area contributed by atoms with Crippen molar-refractivity contribution in [2.75, 3.05) is 5.32 Å². The molecular formula is C23H21F5N8. The number of fused-ring (bicyclic) bond motifs is 3. The second-order valence-electron chi connectivity index (χ2n) is 9.27. The highest BCUT2D eigenvalue weighted by atomic mass is 19.4. The van der Waals surface area contributed by atoms with Crippen molar-refractivity contribution in [3.05, 3.63) is 48.4 Å². The van der Waals surface area contributed by atoms with E-state index < -0.39 is 23.6 Å². The third-order valence-electron chi connectivity index (χ3n) is 7.07. The molecule has 4 aromatic heterocycles. The van der Waals surface area contributed by atoms with Crippen molar-refractivity contribution in [1.82, 2.24) is 34.1 Å². The maximum atomic E-state index is 15.0. The van der Waals surface area contributed by atoms with Gasteiger partial charge in [-0.3, -0.25) is 4.68 Å². The number of anilines is 2. The van der Waals surface area contributed by atoms with Gasteiger partial charge in [0.25, 0.3) is 0 Å². The molecule has 4 aromatic rings. The third kappa shape index (κ3) is 3.39. The van der Waals surface area contributed by atoms with Gasteiger partial charge in [0.05, 0.1) is 31.2 Å². The Morgan fingerprint density at radius 2 is 1.94 bits per heavy atom. The fourth-order valence-corrected chi connectivity index (χ4v) is 5.01.